The molecular weight excluding hydrogens is 430 g/mol. The van der Waals surface area contributed by atoms with E-state index in [0.717, 1.165) is 65.3 Å². The third kappa shape index (κ3) is 4.59. The van der Waals surface area contributed by atoms with E-state index < -0.39 is 0 Å². The molecule has 3 aromatic rings. The Kier molecular flexibility index (Phi) is 7.18. The Bertz CT molecular complexity index is 1000. The number of carbonyl (C=O) groups excluding carboxylic acids is 1. The average molecular weight is 454 g/mol. The van der Waals surface area contributed by atoms with Gasteiger partial charge in [0.05, 0.1) is 29.1 Å². The zero-order chi connectivity index (χ0) is 19.7. The molecule has 10 heteroatoms. The molecule has 0 bridgehead atoms. The zero-order valence-electron chi connectivity index (χ0n) is 16.7. The molecule has 0 unspecified atom stereocenters. The van der Waals surface area contributed by atoms with Crippen molar-refractivity contribution in [2.45, 2.75) is 20.8 Å². The number of halogens is 1. The van der Waals surface area contributed by atoms with Crippen molar-refractivity contribution in [2.75, 3.05) is 44.3 Å². The highest BCUT2D eigenvalue weighted by molar-refractivity contribution is 7.22. The largest absolute Gasteiger partial charge is 0.379 e. The summed E-state index contributed by atoms with van der Waals surface area (Å²) in [5, 5.41) is 4.74. The number of carbonyl (C=O) groups is 1. The van der Waals surface area contributed by atoms with Crippen molar-refractivity contribution in [3.8, 4) is 0 Å². The van der Waals surface area contributed by atoms with Crippen LogP contribution in [0.5, 0.6) is 0 Å². The number of amides is 1. The Morgan fingerprint density at radius 1 is 1.24 bits per heavy atom. The van der Waals surface area contributed by atoms with Gasteiger partial charge in [0.2, 0.25) is 0 Å². The van der Waals surface area contributed by atoms with Crippen LogP contribution in [0.25, 0.3) is 10.2 Å². The molecule has 2 aromatic heterocycles. The van der Waals surface area contributed by atoms with Crippen LogP contribution in [0.3, 0.4) is 0 Å². The SMILES string of the molecule is Cc1ccc2sc(N(CCN3CCOCC3)C(=O)c3snnc3C)nc2c1C.Cl. The van der Waals surface area contributed by atoms with Crippen molar-refractivity contribution >= 4 is 56.5 Å². The van der Waals surface area contributed by atoms with E-state index in [-0.39, 0.29) is 18.3 Å². The van der Waals surface area contributed by atoms with Gasteiger partial charge in [-0.25, -0.2) is 4.98 Å². The number of anilines is 1. The van der Waals surface area contributed by atoms with Crippen molar-refractivity contribution in [2.24, 2.45) is 0 Å². The molecule has 1 amide bonds. The predicted octanol–water partition coefficient (Wildman–Crippen LogP) is 3.47. The van der Waals surface area contributed by atoms with E-state index in [1.165, 1.54) is 5.56 Å². The van der Waals surface area contributed by atoms with Gasteiger partial charge in [0, 0.05) is 26.2 Å². The zero-order valence-corrected chi connectivity index (χ0v) is 19.1. The lowest BCUT2D eigenvalue weighted by Gasteiger charge is -2.29. The Labute approximate surface area is 184 Å². The van der Waals surface area contributed by atoms with Crippen molar-refractivity contribution in [1.29, 1.82) is 0 Å². The maximum Gasteiger partial charge on any atom is 0.273 e. The second-order valence-electron chi connectivity index (χ2n) is 6.95. The lowest BCUT2D eigenvalue weighted by atomic mass is 10.1. The standard InChI is InChI=1S/C19H23N5O2S2.ClH/c1-12-4-5-15-16(13(12)2)20-19(27-15)24(7-6-23-8-10-26-11-9-23)18(25)17-14(3)21-22-28-17;/h4-5H,6-11H2,1-3H3;1H. The Hall–Kier alpha value is -1.65. The van der Waals surface area contributed by atoms with Crippen molar-refractivity contribution in [1.82, 2.24) is 19.5 Å². The molecule has 0 saturated carbocycles. The molecule has 0 atom stereocenters. The molecule has 1 saturated heterocycles. The number of hydrogen-bond donors (Lipinski definition) is 0. The number of fused-ring (bicyclic) bond motifs is 1. The fourth-order valence-corrected chi connectivity index (χ4v) is 4.89. The minimum atomic E-state index is -0.0748. The smallest absolute Gasteiger partial charge is 0.273 e. The van der Waals surface area contributed by atoms with Gasteiger partial charge in [0.25, 0.3) is 5.91 Å². The third-order valence-corrected chi connectivity index (χ3v) is 7.00. The maximum absolute atomic E-state index is 13.3. The van der Waals surface area contributed by atoms with Gasteiger partial charge in [-0.15, -0.1) is 17.5 Å². The first-order valence-electron chi connectivity index (χ1n) is 9.32. The minimum absolute atomic E-state index is 0. The summed E-state index contributed by atoms with van der Waals surface area (Å²) >= 11 is 2.71. The summed E-state index contributed by atoms with van der Waals surface area (Å²) in [7, 11) is 0. The number of aromatic nitrogens is 3. The molecule has 3 heterocycles. The number of ether oxygens (including phenoxy) is 1. The van der Waals surface area contributed by atoms with E-state index in [4.69, 9.17) is 9.72 Å². The fraction of sp³-hybridized carbons (Fsp3) is 0.474. The average Bonchev–Trinajstić information content (AvgIpc) is 3.32. The molecule has 1 aliphatic heterocycles. The molecule has 156 valence electrons. The highest BCUT2D eigenvalue weighted by Crippen LogP contribution is 2.33. The summed E-state index contributed by atoms with van der Waals surface area (Å²) in [4.78, 5) is 22.8. The summed E-state index contributed by atoms with van der Waals surface area (Å²) in [6.07, 6.45) is 0. The summed E-state index contributed by atoms with van der Waals surface area (Å²) < 4.78 is 10.5. The van der Waals surface area contributed by atoms with Gasteiger partial charge >= 0.3 is 0 Å². The van der Waals surface area contributed by atoms with E-state index in [1.807, 2.05) is 6.92 Å². The normalized spacial score (nSPS) is 14.7. The topological polar surface area (TPSA) is 71.5 Å². The number of thiazole rings is 1. The molecule has 0 spiro atoms. The number of benzene rings is 1. The molecule has 0 N–H and O–H groups in total. The molecular formula is C19H24ClN5O2S2. The monoisotopic (exact) mass is 453 g/mol. The van der Waals surface area contributed by atoms with Crippen LogP contribution >= 0.6 is 35.3 Å². The first kappa shape index (κ1) is 22.0. The van der Waals surface area contributed by atoms with Gasteiger partial charge in [0.1, 0.15) is 4.88 Å². The number of nitrogens with zero attached hydrogens (tertiary/aromatic N) is 5. The van der Waals surface area contributed by atoms with E-state index in [1.54, 1.807) is 16.2 Å². The van der Waals surface area contributed by atoms with Gasteiger partial charge in [-0.2, -0.15) is 0 Å². The minimum Gasteiger partial charge on any atom is -0.379 e. The van der Waals surface area contributed by atoms with Gasteiger partial charge in [-0.05, 0) is 49.5 Å². The second-order valence-corrected chi connectivity index (χ2v) is 8.71. The quantitative estimate of drug-likeness (QED) is 0.589. The molecule has 1 fully saturated rings. The second kappa shape index (κ2) is 9.44. The number of aryl methyl sites for hydroxylation is 3. The summed E-state index contributed by atoms with van der Waals surface area (Å²) in [6.45, 7) is 10.6. The molecule has 29 heavy (non-hydrogen) atoms. The van der Waals surface area contributed by atoms with Crippen LogP contribution in [0.2, 0.25) is 0 Å². The summed E-state index contributed by atoms with van der Waals surface area (Å²) in [5.41, 5.74) is 4.01. The van der Waals surface area contributed by atoms with Crippen LogP contribution in [0.4, 0.5) is 5.13 Å². The Balaban J connectivity index is 0.00000240. The lowest BCUT2D eigenvalue weighted by molar-refractivity contribution is 0.0391. The first-order chi connectivity index (χ1) is 13.5. The van der Waals surface area contributed by atoms with Crippen LogP contribution in [-0.2, 0) is 4.74 Å². The van der Waals surface area contributed by atoms with E-state index in [2.05, 4.69) is 40.5 Å². The fourth-order valence-electron chi connectivity index (χ4n) is 3.23. The predicted molar refractivity (Wildman–Crippen MR) is 120 cm³/mol. The van der Waals surface area contributed by atoms with Gasteiger partial charge in [-0.3, -0.25) is 14.6 Å². The van der Waals surface area contributed by atoms with Crippen molar-refractivity contribution in [3.63, 3.8) is 0 Å². The molecule has 7 nitrogen and oxygen atoms in total. The molecule has 0 aliphatic carbocycles. The third-order valence-electron chi connectivity index (χ3n) is 5.14. The van der Waals surface area contributed by atoms with E-state index in [9.17, 15) is 4.79 Å². The van der Waals surface area contributed by atoms with Crippen molar-refractivity contribution in [3.05, 3.63) is 33.8 Å². The number of hydrogen-bond acceptors (Lipinski definition) is 8. The van der Waals surface area contributed by atoms with Gasteiger partial charge in [0.15, 0.2) is 5.13 Å². The summed E-state index contributed by atoms with van der Waals surface area (Å²) in [6, 6.07) is 4.19. The van der Waals surface area contributed by atoms with Crippen LogP contribution in [0.1, 0.15) is 26.5 Å². The van der Waals surface area contributed by atoms with Crippen LogP contribution in [0, 0.1) is 20.8 Å². The van der Waals surface area contributed by atoms with Gasteiger partial charge < -0.3 is 4.74 Å². The lowest BCUT2D eigenvalue weighted by Crippen LogP contribution is -2.43. The number of rotatable bonds is 5. The Morgan fingerprint density at radius 2 is 2.00 bits per heavy atom. The molecule has 4 rings (SSSR count). The molecule has 0 radical (unpaired) electrons. The maximum atomic E-state index is 13.3. The highest BCUT2D eigenvalue weighted by atomic mass is 35.5. The number of morpholine rings is 1. The first-order valence-corrected chi connectivity index (χ1v) is 10.9. The molecule has 1 aromatic carbocycles. The highest BCUT2D eigenvalue weighted by Gasteiger charge is 2.26. The van der Waals surface area contributed by atoms with Crippen LogP contribution < -0.4 is 4.90 Å². The van der Waals surface area contributed by atoms with Crippen LogP contribution in [-0.4, -0.2) is 64.8 Å². The van der Waals surface area contributed by atoms with E-state index >= 15 is 0 Å². The van der Waals surface area contributed by atoms with Gasteiger partial charge in [-0.1, -0.05) is 21.9 Å². The molecule has 1 aliphatic rings. The Morgan fingerprint density at radius 3 is 2.69 bits per heavy atom. The van der Waals surface area contributed by atoms with E-state index in [0.29, 0.717) is 17.1 Å². The summed E-state index contributed by atoms with van der Waals surface area (Å²) in [5.74, 6) is -0.0748. The van der Waals surface area contributed by atoms with Crippen LogP contribution in [0.15, 0.2) is 12.1 Å². The van der Waals surface area contributed by atoms with Crippen molar-refractivity contribution < 1.29 is 9.53 Å².